The Morgan fingerprint density at radius 3 is 2.40 bits per heavy atom. The van der Waals surface area contributed by atoms with E-state index in [0.717, 1.165) is 0 Å². The van der Waals surface area contributed by atoms with Crippen LogP contribution in [0.25, 0.3) is 0 Å². The minimum absolute atomic E-state index is 0.158. The first kappa shape index (κ1) is 21.9. The number of alkyl halides is 3. The third kappa shape index (κ3) is 5.43. The second kappa shape index (κ2) is 8.93. The van der Waals surface area contributed by atoms with Gasteiger partial charge in [0.1, 0.15) is 5.75 Å². The van der Waals surface area contributed by atoms with E-state index in [9.17, 15) is 18.0 Å². The average Bonchev–Trinajstić information content (AvgIpc) is 2.65. The van der Waals surface area contributed by atoms with Crippen LogP contribution >= 0.6 is 23.2 Å². The van der Waals surface area contributed by atoms with Crippen LogP contribution < -0.4 is 9.64 Å². The molecule has 0 saturated heterocycles. The quantitative estimate of drug-likeness (QED) is 0.445. The van der Waals surface area contributed by atoms with Gasteiger partial charge in [0.2, 0.25) is 0 Å². The number of para-hydroxylation sites is 1. The largest absolute Gasteiger partial charge is 0.573 e. The van der Waals surface area contributed by atoms with Crippen molar-refractivity contribution in [1.82, 2.24) is 4.98 Å². The van der Waals surface area contributed by atoms with Gasteiger partial charge in [-0.2, -0.15) is 0 Å². The molecule has 3 rings (SSSR count). The summed E-state index contributed by atoms with van der Waals surface area (Å²) < 4.78 is 42.6. The number of carbonyl (C=O) groups is 1. The lowest BCUT2D eigenvalue weighted by atomic mass is 10.1. The topological polar surface area (TPSA) is 42.4 Å². The molecule has 2 aromatic carbocycles. The summed E-state index contributed by atoms with van der Waals surface area (Å²) in [6, 6.07) is 11.7. The maximum Gasteiger partial charge on any atom is 0.573 e. The van der Waals surface area contributed by atoms with E-state index in [-0.39, 0.29) is 22.2 Å². The molecule has 0 unspecified atom stereocenters. The van der Waals surface area contributed by atoms with Crippen LogP contribution in [0.3, 0.4) is 0 Å². The van der Waals surface area contributed by atoms with Crippen molar-refractivity contribution in [3.05, 3.63) is 87.7 Å². The van der Waals surface area contributed by atoms with Gasteiger partial charge in [0, 0.05) is 39.3 Å². The van der Waals surface area contributed by atoms with E-state index in [2.05, 4.69) is 9.72 Å². The minimum Gasteiger partial charge on any atom is -0.405 e. The van der Waals surface area contributed by atoms with Crippen molar-refractivity contribution in [3.63, 3.8) is 0 Å². The number of ether oxygens (including phenoxy) is 1. The summed E-state index contributed by atoms with van der Waals surface area (Å²) in [5.74, 6) is -0.850. The summed E-state index contributed by atoms with van der Waals surface area (Å²) in [4.78, 5) is 18.6. The first-order valence-corrected chi connectivity index (χ1v) is 9.42. The highest BCUT2D eigenvalue weighted by Gasteiger charge is 2.32. The lowest BCUT2D eigenvalue weighted by Gasteiger charge is -2.25. The zero-order valence-electron chi connectivity index (χ0n) is 15.6. The predicted molar refractivity (Wildman–Crippen MR) is 109 cm³/mol. The molecule has 0 bridgehead atoms. The molecule has 0 atom stereocenters. The molecule has 0 aliphatic heterocycles. The fourth-order valence-corrected chi connectivity index (χ4v) is 3.38. The van der Waals surface area contributed by atoms with Gasteiger partial charge >= 0.3 is 6.36 Å². The monoisotopic (exact) mass is 454 g/mol. The number of carbonyl (C=O) groups excluding carboxylic acids is 1. The van der Waals surface area contributed by atoms with Crippen molar-refractivity contribution in [1.29, 1.82) is 0 Å². The third-order valence-electron chi connectivity index (χ3n) is 4.18. The Kier molecular flexibility index (Phi) is 6.53. The highest BCUT2D eigenvalue weighted by atomic mass is 35.5. The molecule has 30 heavy (non-hydrogen) atoms. The molecule has 9 heteroatoms. The molecule has 0 saturated carbocycles. The van der Waals surface area contributed by atoms with Gasteiger partial charge in [-0.05, 0) is 42.8 Å². The Morgan fingerprint density at radius 2 is 1.77 bits per heavy atom. The number of amides is 1. The lowest BCUT2D eigenvalue weighted by molar-refractivity contribution is -0.274. The summed E-state index contributed by atoms with van der Waals surface area (Å²) >= 11 is 12.2. The number of hydrogen-bond acceptors (Lipinski definition) is 3. The molecule has 0 fully saturated rings. The molecule has 0 radical (unpaired) electrons. The molecular formula is C21H15Cl2F3N2O2. The highest BCUT2D eigenvalue weighted by Crippen LogP contribution is 2.32. The molecule has 0 spiro atoms. The summed E-state index contributed by atoms with van der Waals surface area (Å²) in [5, 5.41) is 0.558. The summed E-state index contributed by atoms with van der Waals surface area (Å²) in [7, 11) is 0. The molecule has 1 amide bonds. The Labute approximate surface area is 180 Å². The smallest absolute Gasteiger partial charge is 0.405 e. The van der Waals surface area contributed by atoms with E-state index < -0.39 is 18.0 Å². The van der Waals surface area contributed by atoms with Crippen molar-refractivity contribution in [3.8, 4) is 5.75 Å². The van der Waals surface area contributed by atoms with E-state index in [4.69, 9.17) is 23.2 Å². The van der Waals surface area contributed by atoms with Crippen LogP contribution in [0, 0.1) is 6.92 Å². The van der Waals surface area contributed by atoms with Crippen LogP contribution in [-0.4, -0.2) is 17.3 Å². The number of nitrogens with zero attached hydrogens (tertiary/aromatic N) is 2. The second-order valence-electron chi connectivity index (χ2n) is 6.37. The number of anilines is 1. The SMILES string of the molecule is Cc1cnccc1C(=O)N(Cc1ccccc1OC(F)(F)F)c1cc(Cl)cc(Cl)c1. The molecule has 156 valence electrons. The number of halogens is 5. The second-order valence-corrected chi connectivity index (χ2v) is 7.24. The van der Waals surface area contributed by atoms with Crippen LogP contribution in [0.2, 0.25) is 10.0 Å². The van der Waals surface area contributed by atoms with Crippen molar-refractivity contribution < 1.29 is 22.7 Å². The zero-order valence-corrected chi connectivity index (χ0v) is 17.1. The van der Waals surface area contributed by atoms with Gasteiger partial charge in [0.25, 0.3) is 5.91 Å². The molecule has 3 aromatic rings. The molecule has 1 aromatic heterocycles. The molecular weight excluding hydrogens is 440 g/mol. The van der Waals surface area contributed by atoms with Gasteiger partial charge in [-0.15, -0.1) is 13.2 Å². The van der Waals surface area contributed by atoms with E-state index in [0.29, 0.717) is 16.8 Å². The number of aryl methyl sites for hydroxylation is 1. The van der Waals surface area contributed by atoms with Crippen molar-refractivity contribution in [2.75, 3.05) is 4.90 Å². The van der Waals surface area contributed by atoms with Crippen LogP contribution in [0.15, 0.2) is 60.9 Å². The summed E-state index contributed by atoms with van der Waals surface area (Å²) in [6.07, 6.45) is -1.88. The Balaban J connectivity index is 2.07. The average molecular weight is 455 g/mol. The van der Waals surface area contributed by atoms with Gasteiger partial charge in [-0.3, -0.25) is 9.78 Å². The van der Waals surface area contributed by atoms with Crippen LogP contribution in [0.5, 0.6) is 5.75 Å². The number of aromatic nitrogens is 1. The first-order chi connectivity index (χ1) is 14.1. The maximum atomic E-state index is 13.3. The van der Waals surface area contributed by atoms with Crippen LogP contribution in [-0.2, 0) is 6.54 Å². The molecule has 1 heterocycles. The zero-order chi connectivity index (χ0) is 21.9. The minimum atomic E-state index is -4.87. The van der Waals surface area contributed by atoms with Gasteiger partial charge in [-0.25, -0.2) is 0 Å². The van der Waals surface area contributed by atoms with E-state index in [1.807, 2.05) is 0 Å². The van der Waals surface area contributed by atoms with E-state index >= 15 is 0 Å². The van der Waals surface area contributed by atoms with Crippen molar-refractivity contribution in [2.24, 2.45) is 0 Å². The molecule has 4 nitrogen and oxygen atoms in total. The summed E-state index contributed by atoms with van der Waals surface area (Å²) in [5.41, 5.74) is 1.44. The van der Waals surface area contributed by atoms with Gasteiger partial charge in [0.05, 0.1) is 6.54 Å². The Hall–Kier alpha value is -2.77. The van der Waals surface area contributed by atoms with Gasteiger partial charge in [-0.1, -0.05) is 41.4 Å². The predicted octanol–water partition coefficient (Wildman–Crippen LogP) is 6.44. The number of benzene rings is 2. The van der Waals surface area contributed by atoms with Gasteiger partial charge in [0.15, 0.2) is 0 Å². The fraction of sp³-hybridized carbons (Fsp3) is 0.143. The van der Waals surface area contributed by atoms with Gasteiger partial charge < -0.3 is 9.64 Å². The normalized spacial score (nSPS) is 11.3. The van der Waals surface area contributed by atoms with Crippen LogP contribution in [0.4, 0.5) is 18.9 Å². The molecule has 0 aliphatic rings. The lowest BCUT2D eigenvalue weighted by Crippen LogP contribution is -2.31. The van der Waals surface area contributed by atoms with Crippen LogP contribution in [0.1, 0.15) is 21.5 Å². The number of pyridine rings is 1. The molecule has 0 N–H and O–H groups in total. The standard InChI is InChI=1S/C21H15Cl2F3N2O2/c1-13-11-27-7-6-18(13)20(29)28(17-9-15(22)8-16(23)10-17)12-14-4-2-3-5-19(14)30-21(24,25)26/h2-11H,12H2,1H3. The van der Waals surface area contributed by atoms with E-state index in [1.165, 1.54) is 59.8 Å². The van der Waals surface area contributed by atoms with Crippen molar-refractivity contribution >= 4 is 34.8 Å². The fourth-order valence-electron chi connectivity index (χ4n) is 2.86. The number of hydrogen-bond donors (Lipinski definition) is 0. The third-order valence-corrected chi connectivity index (χ3v) is 4.62. The molecule has 0 aliphatic carbocycles. The Morgan fingerprint density at radius 1 is 1.10 bits per heavy atom. The van der Waals surface area contributed by atoms with E-state index in [1.54, 1.807) is 13.0 Å². The summed E-state index contributed by atoms with van der Waals surface area (Å²) in [6.45, 7) is 1.51. The maximum absolute atomic E-state index is 13.3. The highest BCUT2D eigenvalue weighted by molar-refractivity contribution is 6.35. The first-order valence-electron chi connectivity index (χ1n) is 8.66. The van der Waals surface area contributed by atoms with Crippen molar-refractivity contribution in [2.45, 2.75) is 19.8 Å². The Bertz CT molecular complexity index is 1050. The number of rotatable bonds is 5.